The molecule has 0 saturated carbocycles. The molecule has 1 fully saturated rings. The second kappa shape index (κ2) is 5.83. The number of aromatic nitrogens is 1. The molecule has 0 aliphatic carbocycles. The van der Waals surface area contributed by atoms with Crippen molar-refractivity contribution in [1.82, 2.24) is 9.88 Å². The number of carbonyl (C=O) groups is 1. The number of carbonyl (C=O) groups excluding carboxylic acids is 1. The van der Waals surface area contributed by atoms with Crippen molar-refractivity contribution in [2.45, 2.75) is 12.6 Å². The Morgan fingerprint density at radius 1 is 1.33 bits per heavy atom. The average Bonchev–Trinajstić information content (AvgIpc) is 2.90. The molecule has 1 aromatic heterocycles. The number of amides is 1. The van der Waals surface area contributed by atoms with Crippen LogP contribution < -0.4 is 4.74 Å². The summed E-state index contributed by atoms with van der Waals surface area (Å²) in [7, 11) is 1.63. The van der Waals surface area contributed by atoms with Crippen LogP contribution in [0.4, 0.5) is 4.79 Å². The number of hydrogen-bond donors (Lipinski definition) is 0. The number of nitrogens with zero attached hydrogens (tertiary/aromatic N) is 2. The van der Waals surface area contributed by atoms with Crippen molar-refractivity contribution >= 4 is 6.09 Å². The molecule has 0 spiro atoms. The van der Waals surface area contributed by atoms with Gasteiger partial charge in [-0.15, -0.1) is 0 Å². The van der Waals surface area contributed by atoms with Crippen LogP contribution in [0.2, 0.25) is 0 Å². The maximum Gasteiger partial charge on any atom is 0.410 e. The van der Waals surface area contributed by atoms with E-state index in [4.69, 9.17) is 9.47 Å². The Balaban J connectivity index is 1.79. The minimum atomic E-state index is -0.292. The topological polar surface area (TPSA) is 51.7 Å². The number of methoxy groups -OCH3 is 1. The average molecular weight is 284 g/mol. The minimum Gasteiger partial charge on any atom is -0.497 e. The molecule has 1 amide bonds. The van der Waals surface area contributed by atoms with Crippen LogP contribution in [0.5, 0.6) is 5.75 Å². The molecule has 5 nitrogen and oxygen atoms in total. The predicted octanol–water partition coefficient (Wildman–Crippen LogP) is 2.78. The van der Waals surface area contributed by atoms with Crippen LogP contribution in [0.1, 0.15) is 17.2 Å². The van der Waals surface area contributed by atoms with E-state index in [9.17, 15) is 4.79 Å². The Hall–Kier alpha value is -2.56. The van der Waals surface area contributed by atoms with Crippen LogP contribution in [0, 0.1) is 0 Å². The van der Waals surface area contributed by atoms with Crippen LogP contribution in [0.25, 0.3) is 0 Å². The fourth-order valence-corrected chi connectivity index (χ4v) is 2.40. The number of rotatable bonds is 4. The minimum absolute atomic E-state index is 0.0895. The highest BCUT2D eigenvalue weighted by molar-refractivity contribution is 5.70. The summed E-state index contributed by atoms with van der Waals surface area (Å²) in [6.07, 6.45) is 3.20. The third-order valence-corrected chi connectivity index (χ3v) is 3.56. The molecule has 5 heteroatoms. The zero-order valence-corrected chi connectivity index (χ0v) is 11.7. The van der Waals surface area contributed by atoms with E-state index in [0.717, 1.165) is 16.9 Å². The highest BCUT2D eigenvalue weighted by atomic mass is 16.6. The summed E-state index contributed by atoms with van der Waals surface area (Å²) in [5, 5.41) is 0. The molecule has 21 heavy (non-hydrogen) atoms. The molecule has 1 aliphatic rings. The first kappa shape index (κ1) is 13.4. The third-order valence-electron chi connectivity index (χ3n) is 3.56. The standard InChI is InChI=1S/C16H16N2O3/c1-20-14-6-4-12(5-7-14)10-18-15(11-21-16(18)19)13-3-2-8-17-9-13/h2-9,15H,10-11H2,1H3/t15-/m0/s1. The highest BCUT2D eigenvalue weighted by Crippen LogP contribution is 2.29. The quantitative estimate of drug-likeness (QED) is 0.866. The zero-order chi connectivity index (χ0) is 14.7. The molecule has 3 rings (SSSR count). The molecule has 0 bridgehead atoms. The summed E-state index contributed by atoms with van der Waals surface area (Å²) in [5.74, 6) is 0.798. The van der Waals surface area contributed by atoms with Crippen molar-refractivity contribution in [3.05, 3.63) is 59.9 Å². The van der Waals surface area contributed by atoms with Crippen LogP contribution in [-0.2, 0) is 11.3 Å². The monoisotopic (exact) mass is 284 g/mol. The second-order valence-corrected chi connectivity index (χ2v) is 4.86. The predicted molar refractivity (Wildman–Crippen MR) is 76.9 cm³/mol. The number of ether oxygens (including phenoxy) is 2. The number of benzene rings is 1. The maximum atomic E-state index is 11.9. The molecular weight excluding hydrogens is 268 g/mol. The van der Waals surface area contributed by atoms with E-state index in [-0.39, 0.29) is 12.1 Å². The van der Waals surface area contributed by atoms with Gasteiger partial charge in [0.2, 0.25) is 0 Å². The lowest BCUT2D eigenvalue weighted by molar-refractivity contribution is 0.156. The van der Waals surface area contributed by atoms with Gasteiger partial charge in [0.25, 0.3) is 0 Å². The molecule has 2 aromatic rings. The van der Waals surface area contributed by atoms with Gasteiger partial charge in [-0.05, 0) is 29.3 Å². The summed E-state index contributed by atoms with van der Waals surface area (Å²) < 4.78 is 10.3. The van der Waals surface area contributed by atoms with Crippen molar-refractivity contribution < 1.29 is 14.3 Å². The first-order valence-corrected chi connectivity index (χ1v) is 6.74. The summed E-state index contributed by atoms with van der Waals surface area (Å²) >= 11 is 0. The third kappa shape index (κ3) is 2.81. The van der Waals surface area contributed by atoms with Gasteiger partial charge in [0.05, 0.1) is 13.2 Å². The second-order valence-electron chi connectivity index (χ2n) is 4.86. The molecule has 1 atom stereocenters. The molecule has 2 heterocycles. The number of hydrogen-bond acceptors (Lipinski definition) is 4. The molecule has 0 N–H and O–H groups in total. The van der Waals surface area contributed by atoms with Crippen molar-refractivity contribution in [3.8, 4) is 5.75 Å². The lowest BCUT2D eigenvalue weighted by atomic mass is 10.1. The van der Waals surface area contributed by atoms with Crippen LogP contribution in [0.3, 0.4) is 0 Å². The first-order valence-electron chi connectivity index (χ1n) is 6.74. The van der Waals surface area contributed by atoms with Gasteiger partial charge in [-0.25, -0.2) is 4.79 Å². The molecule has 108 valence electrons. The Morgan fingerprint density at radius 3 is 2.81 bits per heavy atom. The van der Waals surface area contributed by atoms with Crippen LogP contribution in [0.15, 0.2) is 48.8 Å². The Kier molecular flexibility index (Phi) is 3.73. The molecule has 0 radical (unpaired) electrons. The van der Waals surface area contributed by atoms with E-state index < -0.39 is 0 Å². The van der Waals surface area contributed by atoms with Gasteiger partial charge >= 0.3 is 6.09 Å². The van der Waals surface area contributed by atoms with Gasteiger partial charge < -0.3 is 9.47 Å². The van der Waals surface area contributed by atoms with Crippen molar-refractivity contribution in [2.24, 2.45) is 0 Å². The molecule has 1 saturated heterocycles. The van der Waals surface area contributed by atoms with E-state index in [1.807, 2.05) is 36.4 Å². The summed E-state index contributed by atoms with van der Waals surface area (Å²) in [4.78, 5) is 17.8. The van der Waals surface area contributed by atoms with Gasteiger partial charge in [-0.1, -0.05) is 18.2 Å². The number of pyridine rings is 1. The molecular formula is C16H16N2O3. The fraction of sp³-hybridized carbons (Fsp3) is 0.250. The SMILES string of the molecule is COc1ccc(CN2C(=O)OC[C@H]2c2cccnc2)cc1. The van der Waals surface area contributed by atoms with Crippen molar-refractivity contribution in [1.29, 1.82) is 0 Å². The lowest BCUT2D eigenvalue weighted by Crippen LogP contribution is -2.27. The van der Waals surface area contributed by atoms with E-state index >= 15 is 0 Å². The van der Waals surface area contributed by atoms with E-state index in [2.05, 4.69) is 4.98 Å². The fourth-order valence-electron chi connectivity index (χ4n) is 2.40. The van der Waals surface area contributed by atoms with E-state index in [1.54, 1.807) is 24.4 Å². The highest BCUT2D eigenvalue weighted by Gasteiger charge is 2.34. The van der Waals surface area contributed by atoms with Crippen LogP contribution in [-0.4, -0.2) is 29.7 Å². The first-order chi connectivity index (χ1) is 10.3. The van der Waals surface area contributed by atoms with Crippen LogP contribution >= 0.6 is 0 Å². The van der Waals surface area contributed by atoms with E-state index in [1.165, 1.54) is 0 Å². The van der Waals surface area contributed by atoms with Gasteiger partial charge in [0.15, 0.2) is 0 Å². The van der Waals surface area contributed by atoms with Crippen molar-refractivity contribution in [3.63, 3.8) is 0 Å². The summed E-state index contributed by atoms with van der Waals surface area (Å²) in [6.45, 7) is 0.864. The smallest absolute Gasteiger partial charge is 0.410 e. The summed E-state index contributed by atoms with van der Waals surface area (Å²) in [6, 6.07) is 11.4. The van der Waals surface area contributed by atoms with Crippen molar-refractivity contribution in [2.75, 3.05) is 13.7 Å². The Labute approximate surface area is 123 Å². The Morgan fingerprint density at radius 2 is 2.14 bits per heavy atom. The lowest BCUT2D eigenvalue weighted by Gasteiger charge is -2.21. The molecule has 1 aliphatic heterocycles. The molecule has 1 aromatic carbocycles. The zero-order valence-electron chi connectivity index (χ0n) is 11.7. The number of cyclic esters (lactones) is 1. The van der Waals surface area contributed by atoms with Gasteiger partial charge in [0.1, 0.15) is 12.4 Å². The maximum absolute atomic E-state index is 11.9. The largest absolute Gasteiger partial charge is 0.497 e. The van der Waals surface area contributed by atoms with Gasteiger partial charge in [0, 0.05) is 18.9 Å². The van der Waals surface area contributed by atoms with Gasteiger partial charge in [-0.2, -0.15) is 0 Å². The molecule has 0 unspecified atom stereocenters. The summed E-state index contributed by atoms with van der Waals surface area (Å²) in [5.41, 5.74) is 2.01. The normalized spacial score (nSPS) is 17.7. The van der Waals surface area contributed by atoms with Gasteiger partial charge in [-0.3, -0.25) is 9.88 Å². The van der Waals surface area contributed by atoms with E-state index in [0.29, 0.717) is 13.2 Å². The Bertz CT molecular complexity index is 613.